The minimum Gasteiger partial charge on any atom is -0.436 e. The van der Waals surface area contributed by atoms with Gasteiger partial charge in [-0.05, 0) is 34.1 Å². The van der Waals surface area contributed by atoms with E-state index in [1.807, 2.05) is 0 Å². The van der Waals surface area contributed by atoms with E-state index in [-0.39, 0.29) is 0 Å². The van der Waals surface area contributed by atoms with Crippen LogP contribution in [0.25, 0.3) is 0 Å². The molecule has 2 rings (SSSR count). The van der Waals surface area contributed by atoms with Crippen LogP contribution in [0.4, 0.5) is 0 Å². The first-order chi connectivity index (χ1) is 7.25. The van der Waals surface area contributed by atoms with E-state index in [0.29, 0.717) is 16.7 Å². The van der Waals surface area contributed by atoms with Crippen molar-refractivity contribution in [2.24, 2.45) is 0 Å². The third-order valence-corrected chi connectivity index (χ3v) is 2.34. The van der Waals surface area contributed by atoms with Gasteiger partial charge in [0.1, 0.15) is 10.8 Å². The van der Waals surface area contributed by atoms with Crippen LogP contribution in [-0.2, 0) is 0 Å². The van der Waals surface area contributed by atoms with Crippen molar-refractivity contribution < 1.29 is 4.74 Å². The molecule has 0 aliphatic carbocycles. The Morgan fingerprint density at radius 1 is 1.33 bits per heavy atom. The quantitative estimate of drug-likeness (QED) is 0.844. The monoisotopic (exact) mass is 284 g/mol. The molecule has 0 unspecified atom stereocenters. The lowest BCUT2D eigenvalue weighted by molar-refractivity contribution is 0.460. The van der Waals surface area contributed by atoms with Gasteiger partial charge in [-0.1, -0.05) is 11.6 Å². The van der Waals surface area contributed by atoms with E-state index < -0.39 is 0 Å². The summed E-state index contributed by atoms with van der Waals surface area (Å²) in [6.45, 7) is 0. The summed E-state index contributed by atoms with van der Waals surface area (Å²) in [4.78, 5) is 7.97. The van der Waals surface area contributed by atoms with Gasteiger partial charge in [0.2, 0.25) is 5.88 Å². The summed E-state index contributed by atoms with van der Waals surface area (Å²) < 4.78 is 6.29. The van der Waals surface area contributed by atoms with Gasteiger partial charge in [-0.3, -0.25) is 4.98 Å². The molecule has 0 spiro atoms. The highest BCUT2D eigenvalue weighted by Gasteiger charge is 2.03. The maximum absolute atomic E-state index is 5.89. The van der Waals surface area contributed by atoms with E-state index in [0.717, 1.165) is 4.47 Å². The SMILES string of the molecule is Clc1cccnc1Oc1cncc(Br)c1. The van der Waals surface area contributed by atoms with E-state index in [2.05, 4.69) is 25.9 Å². The molecule has 2 aromatic rings. The molecule has 2 heterocycles. The number of hydrogen-bond donors (Lipinski definition) is 0. The molecular weight excluding hydrogens is 279 g/mol. The van der Waals surface area contributed by atoms with Crippen molar-refractivity contribution in [1.29, 1.82) is 0 Å². The summed E-state index contributed by atoms with van der Waals surface area (Å²) in [5.41, 5.74) is 0. The Kier molecular flexibility index (Phi) is 3.18. The van der Waals surface area contributed by atoms with Crippen LogP contribution in [0.2, 0.25) is 5.02 Å². The molecule has 15 heavy (non-hydrogen) atoms. The number of ether oxygens (including phenoxy) is 1. The summed E-state index contributed by atoms with van der Waals surface area (Å²) >= 11 is 9.19. The average molecular weight is 286 g/mol. The Morgan fingerprint density at radius 3 is 2.93 bits per heavy atom. The second kappa shape index (κ2) is 4.59. The number of pyridine rings is 2. The Morgan fingerprint density at radius 2 is 2.20 bits per heavy atom. The van der Waals surface area contributed by atoms with Crippen molar-refractivity contribution in [1.82, 2.24) is 9.97 Å². The smallest absolute Gasteiger partial charge is 0.238 e. The highest BCUT2D eigenvalue weighted by molar-refractivity contribution is 9.10. The van der Waals surface area contributed by atoms with Crippen LogP contribution >= 0.6 is 27.5 Å². The van der Waals surface area contributed by atoms with Gasteiger partial charge in [-0.15, -0.1) is 0 Å². The van der Waals surface area contributed by atoms with E-state index in [9.17, 15) is 0 Å². The first-order valence-electron chi connectivity index (χ1n) is 4.14. The largest absolute Gasteiger partial charge is 0.436 e. The van der Waals surface area contributed by atoms with E-state index in [1.54, 1.807) is 36.8 Å². The molecule has 0 saturated heterocycles. The predicted molar refractivity (Wildman–Crippen MR) is 61.3 cm³/mol. The molecular formula is C10H6BrClN2O. The molecule has 0 amide bonds. The summed E-state index contributed by atoms with van der Waals surface area (Å²) in [6.07, 6.45) is 4.88. The second-order valence-electron chi connectivity index (χ2n) is 2.73. The lowest BCUT2D eigenvalue weighted by Crippen LogP contribution is -1.88. The molecule has 0 fully saturated rings. The zero-order valence-electron chi connectivity index (χ0n) is 7.52. The fraction of sp³-hybridized carbons (Fsp3) is 0. The number of halogens is 2. The van der Waals surface area contributed by atoms with Gasteiger partial charge in [0.25, 0.3) is 0 Å². The van der Waals surface area contributed by atoms with Crippen molar-refractivity contribution in [3.05, 3.63) is 46.3 Å². The molecule has 0 N–H and O–H groups in total. The molecule has 0 radical (unpaired) electrons. The van der Waals surface area contributed by atoms with Gasteiger partial charge >= 0.3 is 0 Å². The zero-order valence-corrected chi connectivity index (χ0v) is 9.86. The lowest BCUT2D eigenvalue weighted by Gasteiger charge is -2.05. The zero-order chi connectivity index (χ0) is 10.7. The predicted octanol–water partition coefficient (Wildman–Crippen LogP) is 3.68. The maximum atomic E-state index is 5.89. The first kappa shape index (κ1) is 10.4. The molecule has 0 aromatic carbocycles. The number of rotatable bonds is 2. The Hall–Kier alpha value is -1.13. The van der Waals surface area contributed by atoms with Crippen LogP contribution in [0, 0.1) is 0 Å². The summed E-state index contributed by atoms with van der Waals surface area (Å²) in [6, 6.07) is 5.25. The van der Waals surface area contributed by atoms with Crippen LogP contribution in [0.1, 0.15) is 0 Å². The van der Waals surface area contributed by atoms with Crippen molar-refractivity contribution in [3.63, 3.8) is 0 Å². The van der Waals surface area contributed by atoms with Gasteiger partial charge in [0, 0.05) is 16.9 Å². The van der Waals surface area contributed by atoms with Crippen molar-refractivity contribution in [3.8, 4) is 11.6 Å². The van der Waals surface area contributed by atoms with Crippen molar-refractivity contribution in [2.75, 3.05) is 0 Å². The highest BCUT2D eigenvalue weighted by atomic mass is 79.9. The maximum Gasteiger partial charge on any atom is 0.238 e. The Labute approximate surface area is 100 Å². The molecule has 0 saturated carbocycles. The molecule has 0 atom stereocenters. The second-order valence-corrected chi connectivity index (χ2v) is 4.05. The van der Waals surface area contributed by atoms with E-state index in [1.165, 1.54) is 0 Å². The van der Waals surface area contributed by atoms with Crippen LogP contribution in [-0.4, -0.2) is 9.97 Å². The van der Waals surface area contributed by atoms with Crippen LogP contribution in [0.15, 0.2) is 41.3 Å². The fourth-order valence-electron chi connectivity index (χ4n) is 1.01. The third-order valence-electron chi connectivity index (χ3n) is 1.62. The Balaban J connectivity index is 2.26. The van der Waals surface area contributed by atoms with Gasteiger partial charge in [-0.25, -0.2) is 4.98 Å². The van der Waals surface area contributed by atoms with E-state index in [4.69, 9.17) is 16.3 Å². The van der Waals surface area contributed by atoms with Gasteiger partial charge in [0.05, 0.1) is 6.20 Å². The fourth-order valence-corrected chi connectivity index (χ4v) is 1.51. The Bertz CT molecular complexity index is 478. The minimum absolute atomic E-state index is 0.374. The van der Waals surface area contributed by atoms with Crippen LogP contribution < -0.4 is 4.74 Å². The summed E-state index contributed by atoms with van der Waals surface area (Å²) in [5.74, 6) is 0.962. The molecule has 2 aromatic heterocycles. The van der Waals surface area contributed by atoms with Gasteiger partial charge in [0.15, 0.2) is 0 Å². The molecule has 0 aliphatic rings. The summed E-state index contributed by atoms with van der Waals surface area (Å²) in [5, 5.41) is 0.470. The molecule has 0 bridgehead atoms. The molecule has 76 valence electrons. The standard InChI is InChI=1S/C10H6BrClN2O/c11-7-4-8(6-13-5-7)15-10-9(12)2-1-3-14-10/h1-6H. The van der Waals surface area contributed by atoms with E-state index >= 15 is 0 Å². The molecule has 3 nitrogen and oxygen atoms in total. The van der Waals surface area contributed by atoms with Crippen molar-refractivity contribution >= 4 is 27.5 Å². The topological polar surface area (TPSA) is 35.0 Å². The average Bonchev–Trinajstić information content (AvgIpc) is 2.22. The number of hydrogen-bond acceptors (Lipinski definition) is 3. The third kappa shape index (κ3) is 2.67. The first-order valence-corrected chi connectivity index (χ1v) is 5.32. The minimum atomic E-state index is 0.374. The summed E-state index contributed by atoms with van der Waals surface area (Å²) in [7, 11) is 0. The van der Waals surface area contributed by atoms with Gasteiger partial charge in [-0.2, -0.15) is 0 Å². The highest BCUT2D eigenvalue weighted by Crippen LogP contribution is 2.27. The van der Waals surface area contributed by atoms with Crippen LogP contribution in [0.3, 0.4) is 0 Å². The molecule has 5 heteroatoms. The normalized spacial score (nSPS) is 10.0. The van der Waals surface area contributed by atoms with Gasteiger partial charge < -0.3 is 4.74 Å². The number of aromatic nitrogens is 2. The van der Waals surface area contributed by atoms with Crippen molar-refractivity contribution in [2.45, 2.75) is 0 Å². The number of nitrogens with zero attached hydrogens (tertiary/aromatic N) is 2. The van der Waals surface area contributed by atoms with Crippen LogP contribution in [0.5, 0.6) is 11.6 Å². The molecule has 0 aliphatic heterocycles. The lowest BCUT2D eigenvalue weighted by atomic mass is 10.4.